The number of rotatable bonds is 8. The first-order chi connectivity index (χ1) is 11.8. The van der Waals surface area contributed by atoms with Crippen LogP contribution in [0, 0.1) is 11.3 Å². The lowest BCUT2D eigenvalue weighted by Gasteiger charge is -2.43. The molecule has 0 nitrogen and oxygen atoms in total. The standard InChI is InChI=1S/C25H46Si/c1-18(2)16-24(25(9,10)11)23-14-12-22(13-15-23)17-26(19(3)4,20(5)6)21(7)8/h12-15,18-21,24H,16-17H2,1-11H3. The Bertz CT molecular complexity index is 506. The van der Waals surface area contributed by atoms with Gasteiger partial charge in [0.15, 0.2) is 0 Å². The largest absolute Gasteiger partial charge is 0.0656 e. The van der Waals surface area contributed by atoms with Gasteiger partial charge in [0.2, 0.25) is 0 Å². The molecule has 0 aliphatic rings. The Kier molecular flexibility index (Phi) is 8.20. The van der Waals surface area contributed by atoms with Crippen LogP contribution in [0.15, 0.2) is 24.3 Å². The van der Waals surface area contributed by atoms with Crippen molar-refractivity contribution < 1.29 is 0 Å². The molecule has 1 heteroatoms. The van der Waals surface area contributed by atoms with Crippen molar-refractivity contribution in [1.29, 1.82) is 0 Å². The zero-order chi connectivity index (χ0) is 20.3. The van der Waals surface area contributed by atoms with Crippen molar-refractivity contribution in [3.05, 3.63) is 35.4 Å². The second kappa shape index (κ2) is 9.09. The maximum atomic E-state index is 2.47. The van der Waals surface area contributed by atoms with Crippen LogP contribution in [0.4, 0.5) is 0 Å². The van der Waals surface area contributed by atoms with E-state index in [9.17, 15) is 0 Å². The van der Waals surface area contributed by atoms with Crippen LogP contribution in [-0.2, 0) is 6.04 Å². The second-order valence-electron chi connectivity index (χ2n) is 11.0. The monoisotopic (exact) mass is 374 g/mol. The molecule has 0 aliphatic carbocycles. The molecule has 1 aromatic carbocycles. The molecule has 1 unspecified atom stereocenters. The summed E-state index contributed by atoms with van der Waals surface area (Å²) in [5.74, 6) is 1.38. The summed E-state index contributed by atoms with van der Waals surface area (Å²) in [6, 6.07) is 11.1. The molecule has 0 N–H and O–H groups in total. The highest BCUT2D eigenvalue weighted by molar-refractivity contribution is 6.83. The van der Waals surface area contributed by atoms with E-state index in [-0.39, 0.29) is 0 Å². The topological polar surface area (TPSA) is 0 Å². The van der Waals surface area contributed by atoms with Crippen LogP contribution in [0.2, 0.25) is 16.6 Å². The number of hydrogen-bond acceptors (Lipinski definition) is 0. The second-order valence-corrected chi connectivity index (χ2v) is 17.1. The van der Waals surface area contributed by atoms with Crippen LogP contribution in [-0.4, -0.2) is 8.07 Å². The minimum atomic E-state index is -1.38. The molecule has 0 fully saturated rings. The average molecular weight is 375 g/mol. The summed E-state index contributed by atoms with van der Waals surface area (Å²) in [5.41, 5.74) is 5.88. The van der Waals surface area contributed by atoms with Crippen LogP contribution in [0.25, 0.3) is 0 Å². The van der Waals surface area contributed by atoms with Gasteiger partial charge < -0.3 is 0 Å². The van der Waals surface area contributed by atoms with E-state index in [2.05, 4.69) is 100 Å². The van der Waals surface area contributed by atoms with E-state index < -0.39 is 8.07 Å². The SMILES string of the molecule is CC(C)CC(c1ccc(C[Si](C(C)C)(C(C)C)C(C)C)cc1)C(C)(C)C. The van der Waals surface area contributed by atoms with Gasteiger partial charge in [0, 0.05) is 0 Å². The minimum Gasteiger partial charge on any atom is -0.0651 e. The zero-order valence-corrected chi connectivity index (χ0v) is 20.6. The highest BCUT2D eigenvalue weighted by Crippen LogP contribution is 2.44. The Balaban J connectivity index is 3.15. The molecule has 0 heterocycles. The van der Waals surface area contributed by atoms with E-state index in [4.69, 9.17) is 0 Å². The lowest BCUT2D eigenvalue weighted by molar-refractivity contribution is 0.280. The Morgan fingerprint density at radius 3 is 1.46 bits per heavy atom. The Labute approximate surface area is 166 Å². The van der Waals surface area contributed by atoms with Crippen molar-refractivity contribution in [3.8, 4) is 0 Å². The summed E-state index contributed by atoms with van der Waals surface area (Å²) < 4.78 is 0. The van der Waals surface area contributed by atoms with Gasteiger partial charge in [-0.1, -0.05) is 123 Å². The van der Waals surface area contributed by atoms with Gasteiger partial charge in [0.05, 0.1) is 8.07 Å². The van der Waals surface area contributed by atoms with E-state index in [0.29, 0.717) is 11.3 Å². The normalized spacial score (nSPS) is 14.7. The molecule has 0 aliphatic heterocycles. The van der Waals surface area contributed by atoms with Gasteiger partial charge in [0.1, 0.15) is 0 Å². The summed E-state index contributed by atoms with van der Waals surface area (Å²) in [7, 11) is -1.38. The first-order valence-electron chi connectivity index (χ1n) is 10.9. The van der Waals surface area contributed by atoms with Gasteiger partial charge >= 0.3 is 0 Å². The summed E-state index contributed by atoms with van der Waals surface area (Å²) in [6.07, 6.45) is 1.27. The molecule has 0 radical (unpaired) electrons. The van der Waals surface area contributed by atoms with E-state index in [1.807, 2.05) is 0 Å². The molecule has 0 amide bonds. The first kappa shape index (κ1) is 23.5. The molecule has 1 rings (SSSR count). The summed E-state index contributed by atoms with van der Waals surface area (Å²) >= 11 is 0. The van der Waals surface area contributed by atoms with Crippen molar-refractivity contribution in [2.45, 2.75) is 111 Å². The van der Waals surface area contributed by atoms with Gasteiger partial charge in [-0.25, -0.2) is 0 Å². The van der Waals surface area contributed by atoms with Gasteiger partial charge in [0.25, 0.3) is 0 Å². The molecule has 1 atom stereocenters. The minimum absolute atomic E-state index is 0.318. The quantitative estimate of drug-likeness (QED) is 0.399. The van der Waals surface area contributed by atoms with Crippen molar-refractivity contribution >= 4 is 8.07 Å². The van der Waals surface area contributed by atoms with Crippen LogP contribution >= 0.6 is 0 Å². The third-order valence-corrected chi connectivity index (χ3v) is 14.3. The molecule has 150 valence electrons. The van der Waals surface area contributed by atoms with E-state index in [1.54, 1.807) is 5.56 Å². The highest BCUT2D eigenvalue weighted by Gasteiger charge is 2.42. The van der Waals surface area contributed by atoms with Crippen molar-refractivity contribution in [2.24, 2.45) is 11.3 Å². The molecular weight excluding hydrogens is 328 g/mol. The van der Waals surface area contributed by atoms with E-state index in [0.717, 1.165) is 22.5 Å². The fraction of sp³-hybridized carbons (Fsp3) is 0.760. The fourth-order valence-corrected chi connectivity index (χ4v) is 11.5. The fourth-order valence-electron chi connectivity index (χ4n) is 5.29. The third kappa shape index (κ3) is 5.47. The van der Waals surface area contributed by atoms with Crippen LogP contribution in [0.3, 0.4) is 0 Å². The molecule has 0 saturated carbocycles. The van der Waals surface area contributed by atoms with E-state index in [1.165, 1.54) is 18.0 Å². The highest BCUT2D eigenvalue weighted by atomic mass is 28.3. The van der Waals surface area contributed by atoms with Crippen LogP contribution < -0.4 is 0 Å². The summed E-state index contributed by atoms with van der Waals surface area (Å²) in [5, 5.41) is 0. The molecule has 0 bridgehead atoms. The summed E-state index contributed by atoms with van der Waals surface area (Å²) in [4.78, 5) is 0. The third-order valence-electron chi connectivity index (χ3n) is 6.87. The molecular formula is C25H46Si. The van der Waals surface area contributed by atoms with Crippen LogP contribution in [0.5, 0.6) is 0 Å². The smallest absolute Gasteiger partial charge is 0.0651 e. The van der Waals surface area contributed by atoms with E-state index >= 15 is 0 Å². The molecule has 26 heavy (non-hydrogen) atoms. The Hall–Kier alpha value is -0.563. The Morgan fingerprint density at radius 2 is 1.15 bits per heavy atom. The predicted molar refractivity (Wildman–Crippen MR) is 123 cm³/mol. The lowest BCUT2D eigenvalue weighted by Crippen LogP contribution is -2.47. The number of benzene rings is 1. The first-order valence-corrected chi connectivity index (χ1v) is 13.3. The van der Waals surface area contributed by atoms with Gasteiger partial charge in [-0.2, -0.15) is 0 Å². The van der Waals surface area contributed by atoms with Gasteiger partial charge in [-0.3, -0.25) is 0 Å². The van der Waals surface area contributed by atoms with Gasteiger partial charge in [-0.05, 0) is 35.3 Å². The number of hydrogen-bond donors (Lipinski definition) is 0. The van der Waals surface area contributed by atoms with Crippen molar-refractivity contribution in [1.82, 2.24) is 0 Å². The summed E-state index contributed by atoms with van der Waals surface area (Å²) in [6.45, 7) is 26.7. The van der Waals surface area contributed by atoms with Gasteiger partial charge in [-0.15, -0.1) is 0 Å². The maximum absolute atomic E-state index is 2.47. The molecule has 0 saturated heterocycles. The zero-order valence-electron chi connectivity index (χ0n) is 19.6. The van der Waals surface area contributed by atoms with Crippen molar-refractivity contribution in [2.75, 3.05) is 0 Å². The molecule has 0 spiro atoms. The molecule has 1 aromatic rings. The maximum Gasteiger partial charge on any atom is 0.0656 e. The molecule has 0 aromatic heterocycles. The lowest BCUT2D eigenvalue weighted by atomic mass is 9.72. The average Bonchev–Trinajstić information content (AvgIpc) is 2.48. The van der Waals surface area contributed by atoms with Crippen molar-refractivity contribution in [3.63, 3.8) is 0 Å². The Morgan fingerprint density at radius 1 is 0.731 bits per heavy atom. The van der Waals surface area contributed by atoms with Crippen LogP contribution in [0.1, 0.15) is 99.6 Å². The predicted octanol–water partition coefficient (Wildman–Crippen LogP) is 8.62.